The molecular weight excluding hydrogens is 819 g/mol. The summed E-state index contributed by atoms with van der Waals surface area (Å²) in [6.07, 6.45) is 20.9. The van der Waals surface area contributed by atoms with Gasteiger partial charge in [0.1, 0.15) is 5.65 Å². The van der Waals surface area contributed by atoms with E-state index in [1.54, 1.807) is 24.8 Å². The van der Waals surface area contributed by atoms with E-state index in [1.807, 2.05) is 35.3 Å². The van der Waals surface area contributed by atoms with Gasteiger partial charge in [-0.25, -0.2) is 4.98 Å². The quantitative estimate of drug-likeness (QED) is 0.145. The van der Waals surface area contributed by atoms with Gasteiger partial charge in [-0.2, -0.15) is 0 Å². The van der Waals surface area contributed by atoms with Crippen LogP contribution in [0.5, 0.6) is 0 Å². The second kappa shape index (κ2) is 17.4. The van der Waals surface area contributed by atoms with Gasteiger partial charge in [-0.05, 0) is 95.2 Å². The maximum atomic E-state index is 4.67. The third kappa shape index (κ3) is 8.12. The van der Waals surface area contributed by atoms with Crippen molar-refractivity contribution >= 4 is 66.6 Å². The molecule has 0 atom stereocenters. The second-order valence-corrected chi connectivity index (χ2v) is 17.0. The lowest BCUT2D eigenvalue weighted by atomic mass is 10.0. The fourth-order valence-electron chi connectivity index (χ4n) is 9.04. The highest BCUT2D eigenvalue weighted by Crippen LogP contribution is 2.34. The molecule has 11 aromatic rings. The molecule has 66 heavy (non-hydrogen) atoms. The number of hydrogen-bond donors (Lipinski definition) is 2. The Bertz CT molecular complexity index is 3520. The molecule has 1 fully saturated rings. The number of aromatic nitrogens is 9. The van der Waals surface area contributed by atoms with Gasteiger partial charge in [-0.1, -0.05) is 30.3 Å². The molecule has 7 aromatic heterocycles. The van der Waals surface area contributed by atoms with Gasteiger partial charge in [-0.15, -0.1) is 0 Å². The van der Waals surface area contributed by atoms with Crippen molar-refractivity contribution in [3.8, 4) is 22.3 Å². The first-order valence-electron chi connectivity index (χ1n) is 22.3. The Labute approximate surface area is 382 Å². The molecule has 0 unspecified atom stereocenters. The minimum Gasteiger partial charge on any atom is -0.381 e. The molecule has 13 heteroatoms. The van der Waals surface area contributed by atoms with Crippen molar-refractivity contribution in [1.82, 2.24) is 48.3 Å². The van der Waals surface area contributed by atoms with Crippen LogP contribution in [-0.2, 0) is 27.2 Å². The van der Waals surface area contributed by atoms with Crippen LogP contribution in [0.3, 0.4) is 0 Å². The number of imidazole rings is 1. The summed E-state index contributed by atoms with van der Waals surface area (Å²) >= 11 is 0. The van der Waals surface area contributed by atoms with E-state index < -0.39 is 0 Å². The van der Waals surface area contributed by atoms with Crippen LogP contribution in [0.25, 0.3) is 71.8 Å². The zero-order chi connectivity index (χ0) is 44.6. The predicted octanol–water partition coefficient (Wildman–Crippen LogP) is 9.60. The molecular formula is C53H49N13. The molecule has 1 aliphatic rings. The minimum absolute atomic E-state index is 0.692. The van der Waals surface area contributed by atoms with Crippen LogP contribution in [0.2, 0.25) is 0 Å². The highest BCUT2D eigenvalue weighted by molar-refractivity contribution is 5.98. The van der Waals surface area contributed by atoms with Crippen molar-refractivity contribution in [2.75, 3.05) is 48.8 Å². The standard InChI is InChI=1S/C28H29N7.C25H20N6/c1-33-11-13-35(14-12-33)26-5-7-29-18-22(26)19-32-23-16-24(28-25(17-23)30-8-9-31-28)21-4-3-20-6-10-34(2)27(20)15-21;1-30-10-6-18-3-4-19(12-23(18)30)21-13-20(14-22-25(21)28-8-7-26-22)29-15-17-2-5-24-27-9-11-31(24)16-17/h3-10,15-18,32H,11-14,19H2,1-2H3;2-14,16,29H,15H2,1H3. The molecule has 2 N–H and O–H groups in total. The summed E-state index contributed by atoms with van der Waals surface area (Å²) in [7, 11) is 6.33. The van der Waals surface area contributed by atoms with E-state index in [4.69, 9.17) is 0 Å². The minimum atomic E-state index is 0.692. The van der Waals surface area contributed by atoms with Crippen molar-refractivity contribution in [1.29, 1.82) is 0 Å². The van der Waals surface area contributed by atoms with E-state index >= 15 is 0 Å². The molecule has 13 nitrogen and oxygen atoms in total. The molecule has 326 valence electrons. The number of hydrogen-bond acceptors (Lipinski definition) is 10. The highest BCUT2D eigenvalue weighted by atomic mass is 15.2. The van der Waals surface area contributed by atoms with Crippen LogP contribution in [-0.4, -0.2) is 81.6 Å². The van der Waals surface area contributed by atoms with E-state index in [2.05, 4.69) is 184 Å². The van der Waals surface area contributed by atoms with Crippen molar-refractivity contribution < 1.29 is 0 Å². The number of aryl methyl sites for hydroxylation is 2. The van der Waals surface area contributed by atoms with E-state index in [1.165, 1.54) is 38.6 Å². The maximum absolute atomic E-state index is 4.67. The number of rotatable bonds is 9. The Kier molecular flexibility index (Phi) is 10.7. The fraction of sp³-hybridized carbons (Fsp3) is 0.170. The number of likely N-dealkylation sites (N-methyl/N-ethyl adjacent to an activating group) is 1. The van der Waals surface area contributed by atoms with Crippen LogP contribution in [0.4, 0.5) is 17.1 Å². The molecule has 12 rings (SSSR count). The molecule has 0 aliphatic carbocycles. The normalized spacial score (nSPS) is 13.2. The van der Waals surface area contributed by atoms with Gasteiger partial charge in [-0.3, -0.25) is 24.9 Å². The Morgan fingerprint density at radius 1 is 0.530 bits per heavy atom. The van der Waals surface area contributed by atoms with Crippen LogP contribution in [0.15, 0.2) is 159 Å². The third-order valence-corrected chi connectivity index (χ3v) is 12.7. The van der Waals surface area contributed by atoms with Gasteiger partial charge < -0.3 is 34.0 Å². The van der Waals surface area contributed by atoms with Gasteiger partial charge in [0.2, 0.25) is 0 Å². The maximum Gasteiger partial charge on any atom is 0.136 e. The number of fused-ring (bicyclic) bond motifs is 5. The number of nitrogens with zero attached hydrogens (tertiary/aromatic N) is 11. The van der Waals surface area contributed by atoms with Gasteiger partial charge in [0.05, 0.1) is 22.1 Å². The van der Waals surface area contributed by atoms with Gasteiger partial charge in [0.25, 0.3) is 0 Å². The summed E-state index contributed by atoms with van der Waals surface area (Å²) in [5.74, 6) is 0. The Hall–Kier alpha value is -8.16. The first-order chi connectivity index (χ1) is 32.4. The zero-order valence-electron chi connectivity index (χ0n) is 37.2. The summed E-state index contributed by atoms with van der Waals surface area (Å²) in [6.45, 7) is 5.62. The van der Waals surface area contributed by atoms with E-state index in [0.717, 1.165) is 87.5 Å². The molecule has 0 spiro atoms. The molecule has 0 saturated carbocycles. The summed E-state index contributed by atoms with van der Waals surface area (Å²) in [4.78, 5) is 32.0. The summed E-state index contributed by atoms with van der Waals surface area (Å²) in [6, 6.07) is 32.1. The lowest BCUT2D eigenvalue weighted by Crippen LogP contribution is -2.44. The average molecular weight is 868 g/mol. The lowest BCUT2D eigenvalue weighted by molar-refractivity contribution is 0.312. The van der Waals surface area contributed by atoms with Crippen molar-refractivity contribution in [2.45, 2.75) is 13.1 Å². The number of pyridine rings is 2. The predicted molar refractivity (Wildman–Crippen MR) is 267 cm³/mol. The number of piperazine rings is 1. The van der Waals surface area contributed by atoms with Crippen molar-refractivity contribution in [3.63, 3.8) is 0 Å². The molecule has 0 amide bonds. The first kappa shape index (κ1) is 40.6. The number of anilines is 3. The number of benzene rings is 4. The highest BCUT2D eigenvalue weighted by Gasteiger charge is 2.18. The largest absolute Gasteiger partial charge is 0.381 e. The summed E-state index contributed by atoms with van der Waals surface area (Å²) < 4.78 is 6.32. The molecule has 4 aromatic carbocycles. The number of nitrogens with one attached hydrogen (secondary N) is 2. The van der Waals surface area contributed by atoms with Gasteiger partial charge >= 0.3 is 0 Å². The van der Waals surface area contributed by atoms with Gasteiger partial charge in [0, 0.05) is 166 Å². The molecule has 1 aliphatic heterocycles. The van der Waals surface area contributed by atoms with Crippen LogP contribution in [0, 0.1) is 0 Å². The summed E-state index contributed by atoms with van der Waals surface area (Å²) in [5.41, 5.74) is 17.0. The SMILES string of the molecule is CN1CCN(c2ccncc2CNc2cc(-c3ccc4ccn(C)c4c3)c3nccnc3c2)CC1.Cn1ccc2ccc(-c3cc(NCc4ccc5nccn5c4)cc4nccnc34)cc21. The monoisotopic (exact) mass is 867 g/mol. The van der Waals surface area contributed by atoms with E-state index in [9.17, 15) is 0 Å². The fourth-order valence-corrected chi connectivity index (χ4v) is 9.04. The average Bonchev–Trinajstić information content (AvgIpc) is 4.10. The Morgan fingerprint density at radius 2 is 1.14 bits per heavy atom. The smallest absolute Gasteiger partial charge is 0.136 e. The molecule has 0 radical (unpaired) electrons. The van der Waals surface area contributed by atoms with Crippen molar-refractivity contribution in [2.24, 2.45) is 14.1 Å². The van der Waals surface area contributed by atoms with E-state index in [0.29, 0.717) is 13.1 Å². The first-order valence-corrected chi connectivity index (χ1v) is 22.3. The van der Waals surface area contributed by atoms with Gasteiger partial charge in [0.15, 0.2) is 0 Å². The molecule has 8 heterocycles. The molecule has 0 bridgehead atoms. The molecule has 1 saturated heterocycles. The van der Waals surface area contributed by atoms with Crippen LogP contribution < -0.4 is 15.5 Å². The topological polar surface area (TPSA) is 122 Å². The van der Waals surface area contributed by atoms with Crippen LogP contribution in [0.1, 0.15) is 11.1 Å². The Morgan fingerprint density at radius 3 is 1.77 bits per heavy atom. The lowest BCUT2D eigenvalue weighted by Gasteiger charge is -2.35. The van der Waals surface area contributed by atoms with Crippen molar-refractivity contribution in [3.05, 3.63) is 170 Å². The third-order valence-electron chi connectivity index (χ3n) is 12.7. The van der Waals surface area contributed by atoms with E-state index in [-0.39, 0.29) is 0 Å². The van der Waals surface area contributed by atoms with Crippen LogP contribution >= 0.6 is 0 Å². The second-order valence-electron chi connectivity index (χ2n) is 17.0. The Balaban J connectivity index is 0.000000147. The summed E-state index contributed by atoms with van der Waals surface area (Å²) in [5, 5.41) is 9.66. The zero-order valence-corrected chi connectivity index (χ0v) is 37.2.